The number of amides is 2. The number of carboxylic acids is 3. The van der Waals surface area contributed by atoms with Crippen LogP contribution in [-0.2, 0) is 46.3 Å². The van der Waals surface area contributed by atoms with E-state index in [9.17, 15) is 28.8 Å². The van der Waals surface area contributed by atoms with Crippen molar-refractivity contribution in [1.82, 2.24) is 10.6 Å². The van der Waals surface area contributed by atoms with Crippen molar-refractivity contribution in [2.75, 3.05) is 7.11 Å². The second kappa shape index (κ2) is 20.7. The van der Waals surface area contributed by atoms with E-state index < -0.39 is 72.7 Å². The number of carbonyl (C=O) groups is 6. The summed E-state index contributed by atoms with van der Waals surface area (Å²) in [6, 6.07) is 13.3. The Hall–Kier alpha value is -3.18. The standard InChI is InChI=1S/C14H18N2O5.C13H16N2O5.K.H/c1-21-14(20)11(7-9-5-3-2-4-6-9)16-13(19)10(15)8-12(17)18;14-9(7-11(16)17)12(18)15-10(13(19)20)6-8-4-2-1-3-5-8;;/h2-6,10-11H,7-8,15H2,1H3,(H,16,19)(H,17,18);1-5,9-10H,6-7,14H2,(H,15,18)(H,16,17)(H,19,20);;/t10-,11-;9-,10-;;/m00../s1. The van der Waals surface area contributed by atoms with Gasteiger partial charge in [-0.2, -0.15) is 0 Å². The number of nitrogens with two attached hydrogens (primary N) is 2. The van der Waals surface area contributed by atoms with E-state index in [0.29, 0.717) is 0 Å². The van der Waals surface area contributed by atoms with Crippen LogP contribution in [0.4, 0.5) is 0 Å². The fourth-order valence-electron chi connectivity index (χ4n) is 3.35. The van der Waals surface area contributed by atoms with Crippen LogP contribution in [0.5, 0.6) is 0 Å². The molecule has 0 fully saturated rings. The number of esters is 1. The summed E-state index contributed by atoms with van der Waals surface area (Å²) in [5.74, 6) is -5.73. The molecule has 2 rings (SSSR count). The number of aliphatic carboxylic acids is 3. The molecule has 0 saturated heterocycles. The van der Waals surface area contributed by atoms with Crippen molar-refractivity contribution < 1.29 is 48.8 Å². The number of benzene rings is 2. The molecule has 0 aliphatic heterocycles. The first-order chi connectivity index (χ1) is 19.3. The van der Waals surface area contributed by atoms with Gasteiger partial charge >= 0.3 is 75.3 Å². The van der Waals surface area contributed by atoms with Crippen LogP contribution in [0.25, 0.3) is 0 Å². The summed E-state index contributed by atoms with van der Waals surface area (Å²) in [7, 11) is 1.21. The van der Waals surface area contributed by atoms with Gasteiger partial charge in [0.15, 0.2) is 0 Å². The SMILES string of the molecule is COC(=O)[C@H](Cc1ccccc1)NC(=O)[C@@H](N)CC(=O)O.N[C@@H](CC(=O)O)C(=O)N[C@@H](Cc1ccccc1)C(=O)O.[KH]. The Bertz CT molecular complexity index is 1180. The van der Waals surface area contributed by atoms with E-state index in [0.717, 1.165) is 11.1 Å². The summed E-state index contributed by atoms with van der Waals surface area (Å²) in [5.41, 5.74) is 12.4. The zero-order chi connectivity index (χ0) is 30.9. The van der Waals surface area contributed by atoms with Gasteiger partial charge in [-0.3, -0.25) is 19.2 Å². The van der Waals surface area contributed by atoms with Crippen molar-refractivity contribution in [3.05, 3.63) is 71.8 Å². The van der Waals surface area contributed by atoms with Crippen molar-refractivity contribution in [2.45, 2.75) is 49.9 Å². The monoisotopic (exact) mass is 614 g/mol. The summed E-state index contributed by atoms with van der Waals surface area (Å²) in [4.78, 5) is 67.2. The van der Waals surface area contributed by atoms with E-state index in [-0.39, 0.29) is 64.2 Å². The van der Waals surface area contributed by atoms with Crippen molar-refractivity contribution >= 4 is 87.1 Å². The molecule has 4 atom stereocenters. The molecular formula is C27H35KN4O10. The van der Waals surface area contributed by atoms with Crippen molar-refractivity contribution in [3.8, 4) is 0 Å². The average molecular weight is 615 g/mol. The molecule has 42 heavy (non-hydrogen) atoms. The number of rotatable bonds is 14. The van der Waals surface area contributed by atoms with E-state index in [1.165, 1.54) is 7.11 Å². The summed E-state index contributed by atoms with van der Waals surface area (Å²) >= 11 is 0. The fourth-order valence-corrected chi connectivity index (χ4v) is 3.35. The molecule has 0 aromatic heterocycles. The Morgan fingerprint density at radius 3 is 1.38 bits per heavy atom. The van der Waals surface area contributed by atoms with Gasteiger partial charge in [0.1, 0.15) is 12.1 Å². The van der Waals surface area contributed by atoms with E-state index in [1.54, 1.807) is 42.5 Å². The van der Waals surface area contributed by atoms with Crippen LogP contribution >= 0.6 is 0 Å². The summed E-state index contributed by atoms with van der Waals surface area (Å²) < 4.78 is 4.64. The number of carbonyl (C=O) groups excluding carboxylic acids is 3. The molecule has 0 bridgehead atoms. The van der Waals surface area contributed by atoms with Gasteiger partial charge in [-0.15, -0.1) is 0 Å². The average Bonchev–Trinajstić information content (AvgIpc) is 2.92. The molecule has 14 nitrogen and oxygen atoms in total. The Labute approximate surface area is 284 Å². The minimum absolute atomic E-state index is 0. The van der Waals surface area contributed by atoms with Gasteiger partial charge in [0.2, 0.25) is 11.8 Å². The number of ether oxygens (including phenoxy) is 1. The number of nitrogens with one attached hydrogen (secondary N) is 2. The van der Waals surface area contributed by atoms with Crippen LogP contribution < -0.4 is 22.1 Å². The van der Waals surface area contributed by atoms with Crippen LogP contribution in [0.1, 0.15) is 24.0 Å². The molecule has 224 valence electrons. The molecule has 15 heteroatoms. The third-order valence-electron chi connectivity index (χ3n) is 5.44. The van der Waals surface area contributed by atoms with Crippen molar-refractivity contribution in [3.63, 3.8) is 0 Å². The third-order valence-corrected chi connectivity index (χ3v) is 5.44. The van der Waals surface area contributed by atoms with Crippen LogP contribution in [0.2, 0.25) is 0 Å². The minimum atomic E-state index is -1.27. The van der Waals surface area contributed by atoms with Crippen molar-refractivity contribution in [1.29, 1.82) is 0 Å². The Morgan fingerprint density at radius 1 is 0.690 bits per heavy atom. The molecule has 0 saturated carbocycles. The number of methoxy groups -OCH3 is 1. The van der Waals surface area contributed by atoms with Gasteiger partial charge in [-0.1, -0.05) is 60.7 Å². The second-order valence-corrected chi connectivity index (χ2v) is 8.77. The molecule has 0 unspecified atom stereocenters. The molecule has 0 spiro atoms. The van der Waals surface area contributed by atoms with Gasteiger partial charge < -0.3 is 42.2 Å². The van der Waals surface area contributed by atoms with Gasteiger partial charge in [0.25, 0.3) is 0 Å². The molecule has 2 amide bonds. The van der Waals surface area contributed by atoms with E-state index >= 15 is 0 Å². The van der Waals surface area contributed by atoms with Crippen molar-refractivity contribution in [2.24, 2.45) is 11.5 Å². The van der Waals surface area contributed by atoms with Gasteiger partial charge in [-0.05, 0) is 11.1 Å². The maximum atomic E-state index is 11.8. The molecule has 0 aliphatic rings. The topological polar surface area (TPSA) is 248 Å². The van der Waals surface area contributed by atoms with Crippen LogP contribution in [0, 0.1) is 0 Å². The van der Waals surface area contributed by atoms with Gasteiger partial charge in [0.05, 0.1) is 32.0 Å². The predicted octanol–water partition coefficient (Wildman–Crippen LogP) is -1.36. The van der Waals surface area contributed by atoms with E-state index in [4.69, 9.17) is 26.8 Å². The molecule has 0 heterocycles. The van der Waals surface area contributed by atoms with E-state index in [1.807, 2.05) is 18.2 Å². The zero-order valence-electron chi connectivity index (χ0n) is 22.3. The quantitative estimate of drug-likeness (QED) is 0.0963. The molecule has 2 aromatic rings. The predicted molar refractivity (Wildman–Crippen MR) is 151 cm³/mol. The number of hydrogen-bond donors (Lipinski definition) is 7. The first kappa shape index (κ1) is 38.8. The second-order valence-electron chi connectivity index (χ2n) is 8.77. The van der Waals surface area contributed by atoms with Crippen LogP contribution in [-0.4, -0.2) is 134 Å². The summed E-state index contributed by atoms with van der Waals surface area (Å²) in [5, 5.41) is 30.9. The molecule has 9 N–H and O–H groups in total. The summed E-state index contributed by atoms with van der Waals surface area (Å²) in [6.45, 7) is 0. The molecular weight excluding hydrogens is 579 g/mol. The Kier molecular flexibility index (Phi) is 19.1. The normalized spacial score (nSPS) is 12.8. The zero-order valence-corrected chi connectivity index (χ0v) is 22.3. The number of carboxylic acid groups (broad SMARTS) is 3. The first-order valence-electron chi connectivity index (χ1n) is 12.3. The van der Waals surface area contributed by atoms with Crippen LogP contribution in [0.15, 0.2) is 60.7 Å². The first-order valence-corrected chi connectivity index (χ1v) is 12.3. The van der Waals surface area contributed by atoms with Crippen LogP contribution in [0.3, 0.4) is 0 Å². The van der Waals surface area contributed by atoms with Gasteiger partial charge in [-0.25, -0.2) is 9.59 Å². The molecule has 2 aromatic carbocycles. The van der Waals surface area contributed by atoms with E-state index in [2.05, 4.69) is 15.4 Å². The Balaban J connectivity index is 0.000000783. The maximum absolute atomic E-state index is 11.8. The summed E-state index contributed by atoms with van der Waals surface area (Å²) in [6.07, 6.45) is -0.727. The Morgan fingerprint density at radius 2 is 1.05 bits per heavy atom. The fraction of sp³-hybridized carbons (Fsp3) is 0.333. The third kappa shape index (κ3) is 15.7. The molecule has 0 radical (unpaired) electrons. The van der Waals surface area contributed by atoms with Gasteiger partial charge in [0, 0.05) is 12.8 Å². The number of hydrogen-bond acceptors (Lipinski definition) is 9. The molecule has 0 aliphatic carbocycles.